The Kier molecular flexibility index (Phi) is 7.10. The van der Waals surface area contributed by atoms with Gasteiger partial charge in [0.25, 0.3) is 0 Å². The summed E-state index contributed by atoms with van der Waals surface area (Å²) in [6.45, 7) is 6.63. The molecule has 0 aliphatic heterocycles. The number of anilines is 2. The summed E-state index contributed by atoms with van der Waals surface area (Å²) < 4.78 is 0.838. The fourth-order valence-electron chi connectivity index (χ4n) is 2.43. The molecule has 1 aromatic heterocycles. The molecule has 144 valence electrons. The monoisotopic (exact) mass is 432 g/mol. The number of nitrogens with zero attached hydrogens (tertiary/aromatic N) is 2. The molecular weight excluding hydrogens is 408 g/mol. The fourth-order valence-corrected chi connectivity index (χ4v) is 2.67. The molecule has 1 aromatic carbocycles. The molecule has 0 radical (unpaired) electrons. The largest absolute Gasteiger partial charge is 0.325 e. The summed E-state index contributed by atoms with van der Waals surface area (Å²) in [7, 11) is 1.72. The molecule has 0 saturated heterocycles. The molecule has 2 rings (SSSR count). The molecule has 7 heteroatoms. The highest BCUT2D eigenvalue weighted by atomic mass is 79.9. The first kappa shape index (κ1) is 21.1. The first-order valence-electron chi connectivity index (χ1n) is 8.64. The van der Waals surface area contributed by atoms with Crippen molar-refractivity contribution in [3.05, 3.63) is 52.6 Å². The van der Waals surface area contributed by atoms with Crippen molar-refractivity contribution in [2.24, 2.45) is 0 Å². The number of likely N-dealkylation sites (N-methyl/N-ethyl adjacent to an activating group) is 1. The van der Waals surface area contributed by atoms with Crippen LogP contribution >= 0.6 is 15.9 Å². The zero-order chi connectivity index (χ0) is 20.0. The van der Waals surface area contributed by atoms with Crippen molar-refractivity contribution in [3.8, 4) is 0 Å². The number of hydrogen-bond donors (Lipinski definition) is 2. The van der Waals surface area contributed by atoms with E-state index < -0.39 is 0 Å². The number of carbonyl (C=O) groups excluding carboxylic acids is 2. The fraction of sp³-hybridized carbons (Fsp3) is 0.350. The van der Waals surface area contributed by atoms with E-state index in [9.17, 15) is 9.59 Å². The van der Waals surface area contributed by atoms with E-state index in [0.29, 0.717) is 5.82 Å². The van der Waals surface area contributed by atoms with E-state index in [1.54, 1.807) is 30.3 Å². The Morgan fingerprint density at radius 2 is 1.59 bits per heavy atom. The van der Waals surface area contributed by atoms with E-state index in [2.05, 4.69) is 52.3 Å². The second-order valence-corrected chi connectivity index (χ2v) is 8.37. The van der Waals surface area contributed by atoms with E-state index >= 15 is 0 Å². The van der Waals surface area contributed by atoms with Crippen LogP contribution in [0.15, 0.2) is 47.1 Å². The number of carbonyl (C=O) groups is 2. The summed E-state index contributed by atoms with van der Waals surface area (Å²) >= 11 is 3.29. The summed E-state index contributed by atoms with van der Waals surface area (Å²) in [4.78, 5) is 30.0. The zero-order valence-corrected chi connectivity index (χ0v) is 17.6. The van der Waals surface area contributed by atoms with Gasteiger partial charge in [0, 0.05) is 16.4 Å². The molecule has 0 aliphatic carbocycles. The smallest absolute Gasteiger partial charge is 0.239 e. The lowest BCUT2D eigenvalue weighted by atomic mass is 9.87. The maximum absolute atomic E-state index is 12.2. The molecule has 6 nitrogen and oxygen atoms in total. The highest BCUT2D eigenvalue weighted by molar-refractivity contribution is 9.10. The number of hydrogen-bond acceptors (Lipinski definition) is 4. The van der Waals surface area contributed by atoms with Crippen molar-refractivity contribution in [3.63, 3.8) is 0 Å². The van der Waals surface area contributed by atoms with Gasteiger partial charge in [0.05, 0.1) is 13.1 Å². The van der Waals surface area contributed by atoms with E-state index in [4.69, 9.17) is 0 Å². The van der Waals surface area contributed by atoms with Gasteiger partial charge in [-0.3, -0.25) is 14.5 Å². The minimum Gasteiger partial charge on any atom is -0.325 e. The Morgan fingerprint density at radius 1 is 1.00 bits per heavy atom. The Labute approximate surface area is 168 Å². The molecule has 0 unspecified atom stereocenters. The molecule has 0 fully saturated rings. The Balaban J connectivity index is 1.80. The van der Waals surface area contributed by atoms with Crippen LogP contribution in [0.2, 0.25) is 0 Å². The lowest BCUT2D eigenvalue weighted by Gasteiger charge is -2.19. The molecule has 2 amide bonds. The summed E-state index contributed by atoms with van der Waals surface area (Å²) in [5.41, 5.74) is 2.01. The highest BCUT2D eigenvalue weighted by Gasteiger charge is 2.14. The van der Waals surface area contributed by atoms with Crippen LogP contribution in [0.4, 0.5) is 11.5 Å². The standard InChI is InChI=1S/C20H25BrN4O2/c1-20(2,3)14-5-8-16(9-6-14)23-18(26)12-25(4)13-19(27)24-17-10-7-15(21)11-22-17/h5-11H,12-13H2,1-4H3,(H,23,26)(H,22,24,27). The number of amides is 2. The van der Waals surface area contributed by atoms with Crippen LogP contribution in [-0.2, 0) is 15.0 Å². The van der Waals surface area contributed by atoms with E-state index in [1.165, 1.54) is 5.56 Å². The van der Waals surface area contributed by atoms with Crippen LogP contribution in [-0.4, -0.2) is 41.8 Å². The summed E-state index contributed by atoms with van der Waals surface area (Å²) in [5.74, 6) is 0.0743. The van der Waals surface area contributed by atoms with Gasteiger partial charge in [-0.1, -0.05) is 32.9 Å². The molecule has 0 bridgehead atoms. The van der Waals surface area contributed by atoms with Crippen molar-refractivity contribution in [2.45, 2.75) is 26.2 Å². The predicted octanol–water partition coefficient (Wildman–Crippen LogP) is 3.65. The highest BCUT2D eigenvalue weighted by Crippen LogP contribution is 2.23. The third-order valence-electron chi connectivity index (χ3n) is 3.86. The van der Waals surface area contributed by atoms with Crippen molar-refractivity contribution < 1.29 is 9.59 Å². The maximum Gasteiger partial charge on any atom is 0.239 e. The minimum atomic E-state index is -0.227. The molecule has 0 atom stereocenters. The van der Waals surface area contributed by atoms with Crippen LogP contribution in [0.1, 0.15) is 26.3 Å². The number of halogens is 1. The van der Waals surface area contributed by atoms with Gasteiger partial charge in [0.1, 0.15) is 5.82 Å². The average Bonchev–Trinajstić information content (AvgIpc) is 2.56. The van der Waals surface area contributed by atoms with Crippen LogP contribution in [0, 0.1) is 0 Å². The molecule has 1 heterocycles. The molecular formula is C20H25BrN4O2. The van der Waals surface area contributed by atoms with Gasteiger partial charge in [-0.05, 0) is 58.2 Å². The average molecular weight is 433 g/mol. The minimum absolute atomic E-state index is 0.0693. The van der Waals surface area contributed by atoms with Gasteiger partial charge in [0.2, 0.25) is 11.8 Å². The molecule has 0 spiro atoms. The van der Waals surface area contributed by atoms with Gasteiger partial charge in [0.15, 0.2) is 0 Å². The van der Waals surface area contributed by atoms with Crippen LogP contribution in [0.5, 0.6) is 0 Å². The van der Waals surface area contributed by atoms with Gasteiger partial charge < -0.3 is 10.6 Å². The quantitative estimate of drug-likeness (QED) is 0.730. The number of benzene rings is 1. The normalized spacial score (nSPS) is 11.3. The SMILES string of the molecule is CN(CC(=O)Nc1ccc(C(C)(C)C)cc1)CC(=O)Nc1ccc(Br)cn1. The second kappa shape index (κ2) is 9.10. The van der Waals surface area contributed by atoms with E-state index in [1.807, 2.05) is 24.3 Å². The van der Waals surface area contributed by atoms with Gasteiger partial charge in [-0.15, -0.1) is 0 Å². The molecule has 27 heavy (non-hydrogen) atoms. The molecule has 2 aromatic rings. The lowest BCUT2D eigenvalue weighted by molar-refractivity contribution is -0.119. The van der Waals surface area contributed by atoms with Crippen LogP contribution < -0.4 is 10.6 Å². The van der Waals surface area contributed by atoms with Gasteiger partial charge in [-0.2, -0.15) is 0 Å². The van der Waals surface area contributed by atoms with Crippen molar-refractivity contribution >= 4 is 39.2 Å². The summed E-state index contributed by atoms with van der Waals surface area (Å²) in [6, 6.07) is 11.3. The number of rotatable bonds is 6. The van der Waals surface area contributed by atoms with Crippen LogP contribution in [0.25, 0.3) is 0 Å². The van der Waals surface area contributed by atoms with Crippen molar-refractivity contribution in [2.75, 3.05) is 30.8 Å². The van der Waals surface area contributed by atoms with Gasteiger partial charge >= 0.3 is 0 Å². The number of nitrogens with one attached hydrogen (secondary N) is 2. The van der Waals surface area contributed by atoms with E-state index in [-0.39, 0.29) is 30.3 Å². The van der Waals surface area contributed by atoms with E-state index in [0.717, 1.165) is 10.2 Å². The van der Waals surface area contributed by atoms with Crippen LogP contribution in [0.3, 0.4) is 0 Å². The Morgan fingerprint density at radius 3 is 2.11 bits per heavy atom. The topological polar surface area (TPSA) is 74.3 Å². The third kappa shape index (κ3) is 7.11. The van der Waals surface area contributed by atoms with Crippen molar-refractivity contribution in [1.82, 2.24) is 9.88 Å². The molecule has 0 aliphatic rings. The van der Waals surface area contributed by atoms with Crippen molar-refractivity contribution in [1.29, 1.82) is 0 Å². The Hall–Kier alpha value is -2.25. The maximum atomic E-state index is 12.2. The summed E-state index contributed by atoms with van der Waals surface area (Å²) in [6.07, 6.45) is 1.61. The molecule has 2 N–H and O–H groups in total. The first-order chi connectivity index (χ1) is 12.6. The lowest BCUT2D eigenvalue weighted by Crippen LogP contribution is -2.36. The second-order valence-electron chi connectivity index (χ2n) is 7.46. The van der Waals surface area contributed by atoms with Gasteiger partial charge in [-0.25, -0.2) is 4.98 Å². The number of aromatic nitrogens is 1. The number of pyridine rings is 1. The third-order valence-corrected chi connectivity index (χ3v) is 4.33. The zero-order valence-electron chi connectivity index (χ0n) is 16.0. The Bertz CT molecular complexity index is 783. The summed E-state index contributed by atoms with van der Waals surface area (Å²) in [5, 5.41) is 5.55. The first-order valence-corrected chi connectivity index (χ1v) is 9.43. The molecule has 0 saturated carbocycles. The predicted molar refractivity (Wildman–Crippen MR) is 112 cm³/mol.